The van der Waals surface area contributed by atoms with Gasteiger partial charge < -0.3 is 15.2 Å². The number of pyridine rings is 1. The number of hydrogen-bond acceptors (Lipinski definition) is 6. The molecular formula is C30H36ClN3O4. The molecular weight excluding hydrogens is 502 g/mol. The zero-order valence-electron chi connectivity index (χ0n) is 22.0. The van der Waals surface area contributed by atoms with E-state index in [1.54, 1.807) is 6.20 Å². The normalized spacial score (nSPS) is 28.6. The van der Waals surface area contributed by atoms with Crippen LogP contribution in [-0.4, -0.2) is 58.5 Å². The topological polar surface area (TPSA) is 91.8 Å². The van der Waals surface area contributed by atoms with Gasteiger partial charge in [0.25, 0.3) is 0 Å². The number of Topliss-reactive ketones (excluding diaryl/α,β-unsaturated/α-hetero) is 1. The van der Waals surface area contributed by atoms with Crippen LogP contribution in [0.3, 0.4) is 0 Å². The van der Waals surface area contributed by atoms with E-state index < -0.39 is 11.0 Å². The Balaban J connectivity index is 1.02. The average Bonchev–Trinajstić information content (AvgIpc) is 3.11. The third-order valence-electron chi connectivity index (χ3n) is 9.30. The van der Waals surface area contributed by atoms with Crippen molar-refractivity contribution in [1.82, 2.24) is 9.88 Å². The number of amides is 1. The lowest BCUT2D eigenvalue weighted by Gasteiger charge is -2.45. The van der Waals surface area contributed by atoms with Crippen molar-refractivity contribution in [2.45, 2.75) is 69.3 Å². The maximum absolute atomic E-state index is 12.9. The molecule has 1 aromatic heterocycles. The van der Waals surface area contributed by atoms with E-state index in [1.807, 2.05) is 31.2 Å². The van der Waals surface area contributed by atoms with E-state index >= 15 is 0 Å². The first-order valence-corrected chi connectivity index (χ1v) is 14.3. The molecule has 1 unspecified atom stereocenters. The van der Waals surface area contributed by atoms with Gasteiger partial charge >= 0.3 is 0 Å². The lowest BCUT2D eigenvalue weighted by molar-refractivity contribution is -0.123. The highest BCUT2D eigenvalue weighted by Crippen LogP contribution is 2.46. The van der Waals surface area contributed by atoms with E-state index in [-0.39, 0.29) is 11.7 Å². The molecule has 4 aliphatic rings. The summed E-state index contributed by atoms with van der Waals surface area (Å²) >= 11 is 6.24. The van der Waals surface area contributed by atoms with Gasteiger partial charge in [-0.1, -0.05) is 11.6 Å². The van der Waals surface area contributed by atoms with E-state index in [4.69, 9.17) is 16.3 Å². The summed E-state index contributed by atoms with van der Waals surface area (Å²) < 4.78 is 6.06. The summed E-state index contributed by atoms with van der Waals surface area (Å²) in [6.07, 6.45) is 7.69. The molecule has 2 aliphatic carbocycles. The zero-order chi connectivity index (χ0) is 26.5. The predicted molar refractivity (Wildman–Crippen MR) is 146 cm³/mol. The zero-order valence-corrected chi connectivity index (χ0v) is 22.7. The Morgan fingerprint density at radius 2 is 1.97 bits per heavy atom. The van der Waals surface area contributed by atoms with Crippen LogP contribution in [0, 0.1) is 11.8 Å². The highest BCUT2D eigenvalue weighted by molar-refractivity contribution is 6.31. The number of hydrogen-bond donors (Lipinski definition) is 2. The number of benzene rings is 1. The fraction of sp³-hybridized carbons (Fsp3) is 0.567. The van der Waals surface area contributed by atoms with Crippen molar-refractivity contribution < 1.29 is 19.4 Å². The van der Waals surface area contributed by atoms with Gasteiger partial charge in [0.15, 0.2) is 0 Å². The molecule has 0 radical (unpaired) electrons. The third kappa shape index (κ3) is 4.96. The van der Waals surface area contributed by atoms with Crippen molar-refractivity contribution in [3.8, 4) is 5.75 Å². The first kappa shape index (κ1) is 25.8. The van der Waals surface area contributed by atoms with E-state index in [1.165, 1.54) is 0 Å². The van der Waals surface area contributed by atoms with Gasteiger partial charge in [0.1, 0.15) is 18.1 Å². The van der Waals surface area contributed by atoms with Gasteiger partial charge in [-0.05, 0) is 106 Å². The van der Waals surface area contributed by atoms with Crippen LogP contribution < -0.4 is 10.1 Å². The summed E-state index contributed by atoms with van der Waals surface area (Å²) in [4.78, 5) is 32.7. The van der Waals surface area contributed by atoms with E-state index in [0.29, 0.717) is 42.1 Å². The summed E-state index contributed by atoms with van der Waals surface area (Å²) in [6.45, 7) is 4.81. The summed E-state index contributed by atoms with van der Waals surface area (Å²) in [6, 6.07) is 7.64. The van der Waals surface area contributed by atoms with Crippen molar-refractivity contribution >= 4 is 29.0 Å². The fourth-order valence-corrected chi connectivity index (χ4v) is 7.29. The molecule has 6 rings (SSSR count). The number of anilines is 1. The largest absolute Gasteiger partial charge is 0.491 e. The Kier molecular flexibility index (Phi) is 6.73. The molecule has 8 heteroatoms. The quantitative estimate of drug-likeness (QED) is 0.590. The highest BCUT2D eigenvalue weighted by atomic mass is 35.5. The molecule has 38 heavy (non-hydrogen) atoms. The molecule has 1 saturated heterocycles. The molecule has 202 valence electrons. The average molecular weight is 538 g/mol. The van der Waals surface area contributed by atoms with Crippen molar-refractivity contribution in [3.63, 3.8) is 0 Å². The maximum atomic E-state index is 12.9. The highest BCUT2D eigenvalue weighted by Gasteiger charge is 2.48. The second kappa shape index (κ2) is 9.92. The standard InChI is InChI=1S/C30H36ClN3O4/c1-29(37)16-21(17-29)19-2-4-26-20(13-23(35)12-19)14-24(18-32-26)38-11-10-34-8-6-30(7-9-34)25-15-22(31)3-5-27(25)33-28(30)36/h3,5,14-15,18-19,21,37H,2,4,6-13,16-17H2,1H3,(H,33,36). The minimum atomic E-state index is -0.557. The number of nitrogens with one attached hydrogen (secondary N) is 1. The first-order valence-electron chi connectivity index (χ1n) is 13.9. The van der Waals surface area contributed by atoms with Crippen LogP contribution in [0.1, 0.15) is 62.3 Å². The monoisotopic (exact) mass is 537 g/mol. The van der Waals surface area contributed by atoms with Crippen LogP contribution in [0.25, 0.3) is 0 Å². The van der Waals surface area contributed by atoms with Gasteiger partial charge in [-0.3, -0.25) is 19.5 Å². The third-order valence-corrected chi connectivity index (χ3v) is 9.54. The number of halogens is 1. The van der Waals surface area contributed by atoms with Gasteiger partial charge in [-0.2, -0.15) is 0 Å². The lowest BCUT2D eigenvalue weighted by atomic mass is 9.63. The smallest absolute Gasteiger partial charge is 0.235 e. The van der Waals surface area contributed by atoms with Crippen molar-refractivity contribution in [1.29, 1.82) is 0 Å². The summed E-state index contributed by atoms with van der Waals surface area (Å²) in [7, 11) is 0. The number of aromatic nitrogens is 1. The van der Waals surface area contributed by atoms with Crippen LogP contribution in [0.5, 0.6) is 5.75 Å². The van der Waals surface area contributed by atoms with Gasteiger partial charge in [0.2, 0.25) is 5.91 Å². The number of fused-ring (bicyclic) bond motifs is 3. The number of carbonyl (C=O) groups excluding carboxylic acids is 2. The van der Waals surface area contributed by atoms with Gasteiger partial charge in [-0.15, -0.1) is 0 Å². The van der Waals surface area contributed by atoms with Gasteiger partial charge in [0.05, 0.1) is 17.2 Å². The molecule has 2 aromatic rings. The Labute approximate surface area is 228 Å². The molecule has 1 spiro atoms. The van der Waals surface area contributed by atoms with Crippen molar-refractivity contribution in [3.05, 3.63) is 52.3 Å². The molecule has 3 heterocycles. The Hall–Kier alpha value is -2.48. The SMILES string of the molecule is CC1(O)CC(C2CCc3ncc(OCCN4CCC5(CC4)C(=O)Nc4ccc(Cl)cc45)cc3CC(=O)C2)C1. The number of carbonyl (C=O) groups is 2. The molecule has 1 saturated carbocycles. The number of aryl methyl sites for hydroxylation is 1. The second-order valence-corrected chi connectivity index (χ2v) is 12.5. The van der Waals surface area contributed by atoms with E-state index in [2.05, 4.69) is 15.2 Å². The summed E-state index contributed by atoms with van der Waals surface area (Å²) in [5.41, 5.74) is 2.85. The van der Waals surface area contributed by atoms with Crippen molar-refractivity contribution in [2.75, 3.05) is 31.6 Å². The molecule has 7 nitrogen and oxygen atoms in total. The van der Waals surface area contributed by atoms with Crippen LogP contribution in [0.15, 0.2) is 30.5 Å². The molecule has 2 aliphatic heterocycles. The number of nitrogens with zero attached hydrogens (tertiary/aromatic N) is 2. The lowest BCUT2D eigenvalue weighted by Crippen LogP contribution is -2.47. The number of piperidine rings is 1. The van der Waals surface area contributed by atoms with E-state index in [9.17, 15) is 14.7 Å². The first-order chi connectivity index (χ1) is 18.2. The number of ether oxygens (including phenoxy) is 1. The van der Waals surface area contributed by atoms with Crippen LogP contribution in [-0.2, 0) is 27.8 Å². The molecule has 2 fully saturated rings. The number of likely N-dealkylation sites (tertiary alicyclic amines) is 1. The van der Waals surface area contributed by atoms with Crippen LogP contribution in [0.4, 0.5) is 5.69 Å². The second-order valence-electron chi connectivity index (χ2n) is 12.1. The number of rotatable bonds is 5. The summed E-state index contributed by atoms with van der Waals surface area (Å²) in [5.74, 6) is 1.83. The maximum Gasteiger partial charge on any atom is 0.235 e. The number of ketones is 1. The molecule has 0 bridgehead atoms. The summed E-state index contributed by atoms with van der Waals surface area (Å²) in [5, 5.41) is 13.8. The predicted octanol–water partition coefficient (Wildman–Crippen LogP) is 4.32. The molecule has 2 N–H and O–H groups in total. The minimum absolute atomic E-state index is 0.0814. The Morgan fingerprint density at radius 3 is 2.74 bits per heavy atom. The van der Waals surface area contributed by atoms with Crippen LogP contribution >= 0.6 is 11.6 Å². The molecule has 1 atom stereocenters. The van der Waals surface area contributed by atoms with E-state index in [0.717, 1.165) is 80.7 Å². The van der Waals surface area contributed by atoms with Gasteiger partial charge in [0, 0.05) is 35.8 Å². The fourth-order valence-electron chi connectivity index (χ4n) is 7.11. The van der Waals surface area contributed by atoms with Crippen molar-refractivity contribution in [2.24, 2.45) is 11.8 Å². The Morgan fingerprint density at radius 1 is 1.18 bits per heavy atom. The van der Waals surface area contributed by atoms with Gasteiger partial charge in [-0.25, -0.2) is 0 Å². The minimum Gasteiger partial charge on any atom is -0.491 e. The Bertz CT molecular complexity index is 1250. The van der Waals surface area contributed by atoms with Crippen LogP contribution in [0.2, 0.25) is 5.02 Å². The molecule has 1 aromatic carbocycles. The molecule has 1 amide bonds. The number of aliphatic hydroxyl groups is 1.